The van der Waals surface area contributed by atoms with Crippen LogP contribution in [-0.2, 0) is 68.6 Å². The van der Waals surface area contributed by atoms with Crippen molar-refractivity contribution in [2.75, 3.05) is 20.8 Å². The van der Waals surface area contributed by atoms with Crippen molar-refractivity contribution in [1.29, 1.82) is 0 Å². The number of carbonyl (C=O) groups excluding carboxylic acids is 9. The van der Waals surface area contributed by atoms with Crippen molar-refractivity contribution in [3.05, 3.63) is 153 Å². The average molecular weight is 1600 g/mol. The van der Waals surface area contributed by atoms with E-state index in [-0.39, 0.29) is 52.2 Å². The van der Waals surface area contributed by atoms with Crippen LogP contribution in [-0.4, -0.2) is 193 Å². The van der Waals surface area contributed by atoms with Gasteiger partial charge in [-0.25, -0.2) is 9.59 Å². The number of methoxy groups -OCH3 is 1. The van der Waals surface area contributed by atoms with Gasteiger partial charge >= 0.3 is 12.1 Å². The van der Waals surface area contributed by atoms with Gasteiger partial charge in [-0.2, -0.15) is 0 Å². The van der Waals surface area contributed by atoms with Gasteiger partial charge < -0.3 is 127 Å². The summed E-state index contributed by atoms with van der Waals surface area (Å²) in [5.41, 5.74) is 2.42. The van der Waals surface area contributed by atoms with Gasteiger partial charge in [0, 0.05) is 35.6 Å². The molecule has 112 heavy (non-hydrogen) atoms. The van der Waals surface area contributed by atoms with Gasteiger partial charge in [0.1, 0.15) is 90.0 Å². The van der Waals surface area contributed by atoms with E-state index >= 15 is 19.2 Å². The fraction of sp³-hybridized carbons (Fsp3) is 0.408. The molecule has 0 aliphatic carbocycles. The minimum Gasteiger partial charge on any atom is -0.508 e. The summed E-state index contributed by atoms with van der Waals surface area (Å²) in [5.74, 6) is -16.8. The topological polar surface area (TPSA) is 520 Å². The molecule has 0 spiro atoms. The summed E-state index contributed by atoms with van der Waals surface area (Å²) in [7, 11) is 2.42. The Balaban J connectivity index is 1.13. The van der Waals surface area contributed by atoms with Gasteiger partial charge in [-0.3, -0.25) is 33.6 Å². The second-order valence-corrected chi connectivity index (χ2v) is 29.1. The third-order valence-electron chi connectivity index (χ3n) is 19.8. The van der Waals surface area contributed by atoms with Gasteiger partial charge in [0.25, 0.3) is 0 Å². The molecule has 0 radical (unpaired) electrons. The Morgan fingerprint density at radius 2 is 1.36 bits per heavy atom. The molecule has 34 nitrogen and oxygen atoms in total. The molecule has 0 saturated carbocycles. The number of carbonyl (C=O) groups is 9. The lowest BCUT2D eigenvalue weighted by Crippen LogP contribution is -2.66. The number of aliphatic hydroxyl groups excluding tert-OH is 6. The molecule has 18 atom stereocenters. The van der Waals surface area contributed by atoms with E-state index in [2.05, 4.69) is 37.2 Å². The molecular weight excluding hydrogens is 1510 g/mol. The fourth-order valence-electron chi connectivity index (χ4n) is 14.0. The number of phenolic OH excluding ortho intramolecular Hbond substituents is 3. The number of ketones is 1. The van der Waals surface area contributed by atoms with Crippen LogP contribution < -0.4 is 57.2 Å². The molecule has 2 saturated heterocycles. The number of ether oxygens (including phenoxy) is 8. The first kappa shape index (κ1) is 82.5. The van der Waals surface area contributed by atoms with E-state index in [1.807, 2.05) is 13.8 Å². The number of Topliss-reactive ketones (excluding diaryl/α,β-unsaturated/α-hetero) is 1. The molecule has 18 N–H and O–H groups in total. The Bertz CT molecular complexity index is 4600. The minimum absolute atomic E-state index is 0.107. The predicted molar refractivity (Wildman–Crippen MR) is 390 cm³/mol. The highest BCUT2D eigenvalue weighted by Crippen LogP contribution is 2.50. The number of primary amides is 1. The van der Waals surface area contributed by atoms with Crippen LogP contribution in [0, 0.1) is 11.8 Å². The Labute approximate surface area is 649 Å². The lowest BCUT2D eigenvalue weighted by atomic mass is 9.84. The van der Waals surface area contributed by atoms with Gasteiger partial charge in [-0.05, 0) is 116 Å². The quantitative estimate of drug-likeness (QED) is 0.0618. The number of esters is 1. The van der Waals surface area contributed by atoms with Gasteiger partial charge in [0.05, 0.1) is 59.9 Å². The summed E-state index contributed by atoms with van der Waals surface area (Å²) < 4.78 is 49.6. The van der Waals surface area contributed by atoms with Crippen LogP contribution >= 0.6 is 23.2 Å². The second-order valence-electron chi connectivity index (χ2n) is 28.3. The molecule has 0 aromatic heterocycles. The highest BCUT2D eigenvalue weighted by Gasteiger charge is 2.53. The van der Waals surface area contributed by atoms with Gasteiger partial charge in [0.15, 0.2) is 35.7 Å². The van der Waals surface area contributed by atoms with E-state index in [0.717, 1.165) is 67.8 Å². The Kier molecular flexibility index (Phi) is 25.5. The van der Waals surface area contributed by atoms with E-state index in [1.54, 1.807) is 30.3 Å². The van der Waals surface area contributed by atoms with Crippen LogP contribution in [0.25, 0.3) is 11.1 Å². The maximum absolute atomic E-state index is 16.2. The fourth-order valence-corrected chi connectivity index (χ4v) is 14.4. The molecule has 36 heteroatoms. The summed E-state index contributed by atoms with van der Waals surface area (Å²) >= 11 is 14.3. The molecule has 6 aromatic carbocycles. The minimum atomic E-state index is -2.34. The number of alkyl carbamates (subject to hydrolysis) is 1. The number of amides is 7. The highest BCUT2D eigenvalue weighted by atomic mass is 35.5. The number of hydrogen-bond donors (Lipinski definition) is 17. The van der Waals surface area contributed by atoms with Crippen molar-refractivity contribution >= 4 is 76.5 Å². The largest absolute Gasteiger partial charge is 0.508 e. The van der Waals surface area contributed by atoms with Crippen molar-refractivity contribution in [3.63, 3.8) is 0 Å². The molecule has 6 aromatic rings. The predicted octanol–water partition coefficient (Wildman–Crippen LogP) is 3.25. The number of aliphatic hydroxyl groups is 6. The van der Waals surface area contributed by atoms with Crippen molar-refractivity contribution in [2.45, 2.75) is 163 Å². The van der Waals surface area contributed by atoms with Crippen molar-refractivity contribution in [1.82, 2.24) is 37.2 Å². The van der Waals surface area contributed by atoms with E-state index in [0.29, 0.717) is 5.56 Å². The lowest BCUT2D eigenvalue weighted by Gasteiger charge is -2.48. The molecule has 11 bridgehead atoms. The molecule has 7 heterocycles. The highest BCUT2D eigenvalue weighted by molar-refractivity contribution is 6.32. The summed E-state index contributed by atoms with van der Waals surface area (Å²) in [6, 6.07) is 11.2. The molecule has 7 aliphatic rings. The molecule has 0 unspecified atom stereocenters. The Morgan fingerprint density at radius 3 is 1.97 bits per heavy atom. The molecule has 2 fully saturated rings. The van der Waals surface area contributed by atoms with Crippen LogP contribution in [0.3, 0.4) is 0 Å². The first-order valence-corrected chi connectivity index (χ1v) is 36.2. The lowest BCUT2D eigenvalue weighted by molar-refractivity contribution is -0.334. The third kappa shape index (κ3) is 18.0. The van der Waals surface area contributed by atoms with Crippen LogP contribution in [0.2, 0.25) is 10.0 Å². The number of fused-ring (bicyclic) bond motifs is 15. The smallest absolute Gasteiger partial charge is 0.407 e. The first-order chi connectivity index (χ1) is 53.2. The number of halogens is 2. The van der Waals surface area contributed by atoms with E-state index in [4.69, 9.17) is 66.8 Å². The van der Waals surface area contributed by atoms with Crippen molar-refractivity contribution in [2.24, 2.45) is 17.6 Å². The maximum Gasteiger partial charge on any atom is 0.407 e. The standard InChI is InChI=1S/C76H84Cl2N8O26/c1-31(2)18-44(80-5)69(99)85-60-62(94)36-14-17-50(43(78)21-36)109-52-23-37-22-51(65(52)112-74-66(64(96)63(95)53(29-87)110-74)111-55-28-76(4,67(97)32(3)107-55)86-75(104)106-30-33-10-8-7-9-11-33)108-49-16-13-35(20-42(49)77)61(93)41-26-48(91)57(82-71(101)58(37)83-70(100)45(27-54(79)92)81-72(60)102)34-12-15-46(89)39(19-34)56-40(24-38(88)25-47(56)90)59(73(103)105-6)84-68(41)98/h7-17,19-25,31-32,41,44-45,53,55,57-64,66-67,74,80,87-90,93-97H,18,26-30H2,1-6H3,(H2,79,92)(H,81,102)(H,82,101)(H,83,100)(H,84,98)(H,85,99)(H,86,104)/t32-,41-,44+,45-,53+,55-,57+,58+,59-,60+,61-,62+,63+,64-,66+,67+,74-,76-/m0/s1. The number of nitrogens with two attached hydrogens (primary N) is 1. The SMILES string of the molecule is CN[C@H](CC(C)C)C(=O)N[C@H]1C(=O)N[C@@H](CC(N)=O)C(=O)N[C@H]2C(=O)N[C@H]3C(=O)C[C@H](C(=O)N[C@H](C(=O)OC)c4cc(O)cc(O)c4-c4cc3ccc4O)[C@@H](O)c3ccc(c(Cl)c3)Oc3cc2cc(c3O[C@@H]2O[C@H](CO)[C@@H](O)[C@H](O)[C@H]2O[C@H]2C[C@](C)(NC(=O)OCc3ccccc3)[C@H](O)[C@H](C)O2)Oc2ccc(cc2Cl)[C@H]1O. The molecule has 7 aliphatic heterocycles. The van der Waals surface area contributed by atoms with Crippen LogP contribution in [0.4, 0.5) is 4.79 Å². The molecule has 13 rings (SSSR count). The van der Waals surface area contributed by atoms with E-state index < -0.39 is 250 Å². The van der Waals surface area contributed by atoms with Crippen molar-refractivity contribution < 1.29 is 127 Å². The van der Waals surface area contributed by atoms with Crippen LogP contribution in [0.15, 0.2) is 109 Å². The van der Waals surface area contributed by atoms with Gasteiger partial charge in [0.2, 0.25) is 47.5 Å². The van der Waals surface area contributed by atoms with Gasteiger partial charge in [-0.1, -0.05) is 85.6 Å². The number of phenols is 3. The zero-order valence-electron chi connectivity index (χ0n) is 60.8. The molecular formula is C76H84Cl2N8O26. The number of nitrogens with one attached hydrogen (secondary N) is 7. The number of aromatic hydroxyl groups is 3. The zero-order valence-corrected chi connectivity index (χ0v) is 62.3. The van der Waals surface area contributed by atoms with Crippen LogP contribution in [0.1, 0.15) is 117 Å². The first-order valence-electron chi connectivity index (χ1n) is 35.4. The number of rotatable bonds is 16. The maximum atomic E-state index is 16.2. The Morgan fingerprint density at radius 1 is 0.714 bits per heavy atom. The van der Waals surface area contributed by atoms with Gasteiger partial charge in [-0.15, -0.1) is 0 Å². The molecule has 7 amide bonds. The molecule has 598 valence electrons. The average Bonchev–Trinajstić information content (AvgIpc) is 0.768. The van der Waals surface area contributed by atoms with Crippen molar-refractivity contribution in [3.8, 4) is 57.1 Å². The monoisotopic (exact) mass is 1590 g/mol. The van der Waals surface area contributed by atoms with E-state index in [9.17, 15) is 69.9 Å². The zero-order chi connectivity index (χ0) is 81.1. The third-order valence-corrected chi connectivity index (χ3v) is 20.4. The number of benzene rings is 6. The number of likely N-dealkylation sites (N-methyl/N-ethyl adjacent to an activating group) is 1. The second kappa shape index (κ2) is 34.7. The summed E-state index contributed by atoms with van der Waals surface area (Å²) in [6.07, 6.45) is -21.6. The summed E-state index contributed by atoms with van der Waals surface area (Å²) in [4.78, 5) is 132. The van der Waals surface area contributed by atoms with E-state index in [1.165, 1.54) is 39.1 Å². The normalized spacial score (nSPS) is 27.6. The number of hydrogen-bond acceptors (Lipinski definition) is 27. The Hall–Kier alpha value is -10.5. The summed E-state index contributed by atoms with van der Waals surface area (Å²) in [5, 5.41) is 123. The summed E-state index contributed by atoms with van der Waals surface area (Å²) in [6.45, 7) is 5.37. The van der Waals surface area contributed by atoms with Crippen LogP contribution in [0.5, 0.6) is 46.0 Å².